The van der Waals surface area contributed by atoms with E-state index < -0.39 is 0 Å². The monoisotopic (exact) mass is 418 g/mol. The lowest BCUT2D eigenvalue weighted by Gasteiger charge is -2.25. The molecular weight excluding hydrogens is 392 g/mol. The minimum absolute atomic E-state index is 0.0104. The molecule has 8 heteroatoms. The number of aryl methyl sites for hydroxylation is 1. The van der Waals surface area contributed by atoms with Crippen molar-refractivity contribution in [2.24, 2.45) is 0 Å². The number of rotatable bonds is 8. The Morgan fingerprint density at radius 1 is 1.36 bits per heavy atom. The van der Waals surface area contributed by atoms with E-state index in [-0.39, 0.29) is 24.6 Å². The lowest BCUT2D eigenvalue weighted by molar-refractivity contribution is 0.0670. The van der Waals surface area contributed by atoms with Gasteiger partial charge in [-0.25, -0.2) is 9.97 Å². The van der Waals surface area contributed by atoms with Crippen LogP contribution in [0.3, 0.4) is 0 Å². The first-order valence-electron chi connectivity index (χ1n) is 9.43. The Bertz CT molecular complexity index is 937. The number of fused-ring (bicyclic) bond motifs is 1. The number of thiophene rings is 2. The van der Waals surface area contributed by atoms with Crippen LogP contribution in [0.25, 0.3) is 10.2 Å². The van der Waals surface area contributed by atoms with Crippen LogP contribution in [0.5, 0.6) is 0 Å². The van der Waals surface area contributed by atoms with Crippen molar-refractivity contribution in [1.29, 1.82) is 0 Å². The average molecular weight is 419 g/mol. The molecule has 1 unspecified atom stereocenters. The Morgan fingerprint density at radius 3 is 2.75 bits per heavy atom. The summed E-state index contributed by atoms with van der Waals surface area (Å²) in [4.78, 5) is 26.4. The molecule has 28 heavy (non-hydrogen) atoms. The number of nitrogens with zero attached hydrogens (tertiary/aromatic N) is 3. The van der Waals surface area contributed by atoms with Crippen molar-refractivity contribution in [3.8, 4) is 0 Å². The summed E-state index contributed by atoms with van der Waals surface area (Å²) in [5, 5.41) is 15.8. The van der Waals surface area contributed by atoms with Gasteiger partial charge in [0.1, 0.15) is 17.0 Å². The van der Waals surface area contributed by atoms with Crippen LogP contribution in [0.4, 0.5) is 5.82 Å². The number of hydrogen-bond donors (Lipinski definition) is 2. The maximum atomic E-state index is 13.1. The van der Waals surface area contributed by atoms with Crippen LogP contribution < -0.4 is 5.32 Å². The van der Waals surface area contributed by atoms with E-state index in [1.165, 1.54) is 16.2 Å². The Morgan fingerprint density at radius 2 is 2.14 bits per heavy atom. The third-order valence-electron chi connectivity index (χ3n) is 4.75. The summed E-state index contributed by atoms with van der Waals surface area (Å²) in [6.45, 7) is 8.26. The summed E-state index contributed by atoms with van der Waals surface area (Å²) in [6.07, 6.45) is 2.47. The summed E-state index contributed by atoms with van der Waals surface area (Å²) >= 11 is 3.11. The molecule has 2 N–H and O–H groups in total. The highest BCUT2D eigenvalue weighted by Crippen LogP contribution is 2.36. The highest BCUT2D eigenvalue weighted by Gasteiger charge is 2.25. The van der Waals surface area contributed by atoms with Gasteiger partial charge in [0.2, 0.25) is 0 Å². The maximum Gasteiger partial charge on any atom is 0.264 e. The van der Waals surface area contributed by atoms with E-state index >= 15 is 0 Å². The SMILES string of the molecule is CCC(Nc1ncnc2sc(C(=O)N(CCO)C(C)C)c(C)c12)c1cccs1. The number of amides is 1. The zero-order valence-electron chi connectivity index (χ0n) is 16.6. The molecule has 0 aliphatic rings. The summed E-state index contributed by atoms with van der Waals surface area (Å²) in [7, 11) is 0. The van der Waals surface area contributed by atoms with E-state index in [0.717, 1.165) is 28.0 Å². The van der Waals surface area contributed by atoms with E-state index in [4.69, 9.17) is 0 Å². The summed E-state index contributed by atoms with van der Waals surface area (Å²) in [5.74, 6) is 0.692. The van der Waals surface area contributed by atoms with E-state index in [1.807, 2.05) is 26.8 Å². The summed E-state index contributed by atoms with van der Waals surface area (Å²) < 4.78 is 0. The van der Waals surface area contributed by atoms with Crippen LogP contribution in [-0.2, 0) is 0 Å². The number of aliphatic hydroxyl groups is 1. The van der Waals surface area contributed by atoms with Gasteiger partial charge in [-0.3, -0.25) is 4.79 Å². The summed E-state index contributed by atoms with van der Waals surface area (Å²) in [5.41, 5.74) is 0.887. The van der Waals surface area contributed by atoms with E-state index in [0.29, 0.717) is 11.4 Å². The predicted molar refractivity (Wildman–Crippen MR) is 116 cm³/mol. The number of nitrogens with one attached hydrogen (secondary N) is 1. The fraction of sp³-hybridized carbons (Fsp3) is 0.450. The zero-order valence-corrected chi connectivity index (χ0v) is 18.2. The molecular formula is C20H26N4O2S2. The predicted octanol–water partition coefficient (Wildman–Crippen LogP) is 4.47. The van der Waals surface area contributed by atoms with Crippen LogP contribution >= 0.6 is 22.7 Å². The fourth-order valence-corrected chi connectivity index (χ4v) is 5.21. The molecule has 150 valence electrons. The second-order valence-corrected chi connectivity index (χ2v) is 8.87. The molecule has 0 aliphatic carbocycles. The van der Waals surface area contributed by atoms with Gasteiger partial charge in [0.15, 0.2) is 0 Å². The van der Waals surface area contributed by atoms with Crippen molar-refractivity contribution in [3.05, 3.63) is 39.2 Å². The Labute approximate surface area is 173 Å². The van der Waals surface area contributed by atoms with Crippen LogP contribution in [-0.4, -0.2) is 45.1 Å². The largest absolute Gasteiger partial charge is 0.395 e. The molecule has 0 spiro atoms. The first-order chi connectivity index (χ1) is 13.5. The van der Waals surface area contributed by atoms with Crippen molar-refractivity contribution >= 4 is 44.6 Å². The van der Waals surface area contributed by atoms with E-state index in [9.17, 15) is 9.90 Å². The molecule has 3 rings (SSSR count). The van der Waals surface area contributed by atoms with Crippen molar-refractivity contribution in [1.82, 2.24) is 14.9 Å². The molecule has 0 saturated carbocycles. The van der Waals surface area contributed by atoms with Crippen molar-refractivity contribution in [2.45, 2.75) is 46.2 Å². The van der Waals surface area contributed by atoms with E-state index in [1.54, 1.807) is 22.6 Å². The molecule has 6 nitrogen and oxygen atoms in total. The topological polar surface area (TPSA) is 78.4 Å². The van der Waals surface area contributed by atoms with Gasteiger partial charge in [-0.2, -0.15) is 0 Å². The normalized spacial score (nSPS) is 12.5. The number of carbonyl (C=O) groups excluding carboxylic acids is 1. The maximum absolute atomic E-state index is 13.1. The minimum Gasteiger partial charge on any atom is -0.395 e. The molecule has 0 radical (unpaired) electrons. The Kier molecular flexibility index (Phi) is 6.64. The molecule has 0 saturated heterocycles. The minimum atomic E-state index is -0.0687. The number of hydrogen-bond acceptors (Lipinski definition) is 7. The highest BCUT2D eigenvalue weighted by molar-refractivity contribution is 7.20. The molecule has 0 aliphatic heterocycles. The third-order valence-corrected chi connectivity index (χ3v) is 6.93. The molecule has 0 aromatic carbocycles. The average Bonchev–Trinajstić information content (AvgIpc) is 3.32. The molecule has 1 atom stereocenters. The highest BCUT2D eigenvalue weighted by atomic mass is 32.1. The van der Waals surface area contributed by atoms with Crippen molar-refractivity contribution in [2.75, 3.05) is 18.5 Å². The second-order valence-electron chi connectivity index (χ2n) is 6.90. The summed E-state index contributed by atoms with van der Waals surface area (Å²) in [6, 6.07) is 4.35. The van der Waals surface area contributed by atoms with Crippen molar-refractivity contribution in [3.63, 3.8) is 0 Å². The van der Waals surface area contributed by atoms with Gasteiger partial charge in [-0.15, -0.1) is 22.7 Å². The number of carbonyl (C=O) groups is 1. The molecule has 3 aromatic rings. The second kappa shape index (κ2) is 8.98. The smallest absolute Gasteiger partial charge is 0.264 e. The molecule has 3 aromatic heterocycles. The van der Waals surface area contributed by atoms with Gasteiger partial charge < -0.3 is 15.3 Å². The molecule has 0 bridgehead atoms. The fourth-order valence-electron chi connectivity index (χ4n) is 3.25. The van der Waals surface area contributed by atoms with Gasteiger partial charge in [-0.1, -0.05) is 13.0 Å². The van der Waals surface area contributed by atoms with Crippen LogP contribution in [0.2, 0.25) is 0 Å². The lowest BCUT2D eigenvalue weighted by atomic mass is 10.1. The third kappa shape index (κ3) is 4.04. The van der Waals surface area contributed by atoms with Crippen LogP contribution in [0.1, 0.15) is 53.3 Å². The molecule has 1 amide bonds. The van der Waals surface area contributed by atoms with Crippen LogP contribution in [0.15, 0.2) is 23.8 Å². The first-order valence-corrected chi connectivity index (χ1v) is 11.1. The van der Waals surface area contributed by atoms with Gasteiger partial charge in [0.05, 0.1) is 22.9 Å². The van der Waals surface area contributed by atoms with Gasteiger partial charge in [0.25, 0.3) is 5.91 Å². The molecule has 3 heterocycles. The standard InChI is InChI=1S/C20H26N4O2S2/c1-5-14(15-7-6-10-27-15)23-18-16-13(4)17(28-19(16)22-11-21-18)20(26)24(8-9-25)12(2)3/h6-7,10-12,14,25H,5,8-9H2,1-4H3,(H,21,22,23). The van der Waals surface area contributed by atoms with Gasteiger partial charge in [0, 0.05) is 17.5 Å². The Balaban J connectivity index is 2.00. The van der Waals surface area contributed by atoms with Crippen molar-refractivity contribution < 1.29 is 9.90 Å². The quantitative estimate of drug-likeness (QED) is 0.564. The van der Waals surface area contributed by atoms with Crippen LogP contribution in [0, 0.1) is 6.92 Å². The lowest BCUT2D eigenvalue weighted by Crippen LogP contribution is -2.38. The van der Waals surface area contributed by atoms with Gasteiger partial charge in [-0.05, 0) is 44.2 Å². The zero-order chi connectivity index (χ0) is 20.3. The van der Waals surface area contributed by atoms with Gasteiger partial charge >= 0.3 is 0 Å². The van der Waals surface area contributed by atoms with E-state index in [2.05, 4.69) is 33.7 Å². The first kappa shape index (κ1) is 20.7. The number of aromatic nitrogens is 2. The number of aliphatic hydroxyl groups excluding tert-OH is 1. The molecule has 0 fully saturated rings. The number of anilines is 1. The Hall–Kier alpha value is -2.03.